The lowest BCUT2D eigenvalue weighted by Gasteiger charge is -2.38. The number of aromatic amines is 1. The molecule has 4 nitrogen and oxygen atoms in total. The van der Waals surface area contributed by atoms with Gasteiger partial charge in [-0.3, -0.25) is 4.98 Å². The second kappa shape index (κ2) is 7.33. The Morgan fingerprint density at radius 3 is 2.48 bits per heavy atom. The molecule has 0 fully saturated rings. The van der Waals surface area contributed by atoms with E-state index in [2.05, 4.69) is 9.97 Å². The second-order valence-electron chi connectivity index (χ2n) is 7.87. The minimum absolute atomic E-state index is 0.135. The molecule has 3 rings (SSSR count). The Kier molecular flexibility index (Phi) is 5.34. The Morgan fingerprint density at radius 2 is 1.86 bits per heavy atom. The number of pyridine rings is 1. The summed E-state index contributed by atoms with van der Waals surface area (Å²) >= 11 is 0. The van der Waals surface area contributed by atoms with Crippen LogP contribution in [0.25, 0.3) is 10.9 Å². The van der Waals surface area contributed by atoms with Crippen molar-refractivity contribution < 1.29 is 27.4 Å². The second-order valence-corrected chi connectivity index (χ2v) is 7.87. The third-order valence-electron chi connectivity index (χ3n) is 5.11. The maximum absolute atomic E-state index is 14.0. The van der Waals surface area contributed by atoms with Gasteiger partial charge in [0.1, 0.15) is 11.6 Å². The minimum atomic E-state index is -4.88. The van der Waals surface area contributed by atoms with E-state index >= 15 is 0 Å². The molecule has 1 unspecified atom stereocenters. The van der Waals surface area contributed by atoms with Gasteiger partial charge in [-0.1, -0.05) is 19.9 Å². The Bertz CT molecular complexity index is 980. The van der Waals surface area contributed by atoms with Gasteiger partial charge in [0.05, 0.1) is 7.11 Å². The summed E-state index contributed by atoms with van der Waals surface area (Å²) < 4.78 is 60.6. The van der Waals surface area contributed by atoms with E-state index in [0.717, 1.165) is 12.1 Å². The van der Waals surface area contributed by atoms with E-state index in [-0.39, 0.29) is 11.4 Å². The first-order valence-electron chi connectivity index (χ1n) is 9.00. The van der Waals surface area contributed by atoms with Crippen LogP contribution in [0.2, 0.25) is 0 Å². The first kappa shape index (κ1) is 21.1. The van der Waals surface area contributed by atoms with E-state index in [9.17, 15) is 22.7 Å². The number of aromatic nitrogens is 2. The fourth-order valence-electron chi connectivity index (χ4n) is 3.76. The molecule has 2 aromatic heterocycles. The number of benzene rings is 1. The van der Waals surface area contributed by atoms with Crippen molar-refractivity contribution in [2.75, 3.05) is 7.11 Å². The van der Waals surface area contributed by atoms with Crippen molar-refractivity contribution in [2.45, 2.75) is 43.9 Å². The molecule has 0 saturated carbocycles. The standard InChI is InChI=1S/C21H22F4N2O2/c1-19(2,16-5-4-14(22)9-18(16)29-3)12-20(28,21(23,24)25)10-15-8-13-11-26-7-6-17(13)27-15/h4-9,11,27-28H,10,12H2,1-3H3. The SMILES string of the molecule is COc1cc(F)ccc1C(C)(C)CC(O)(Cc1cc2cnccc2[nH]1)C(F)(F)F. The molecule has 0 aliphatic carbocycles. The lowest BCUT2D eigenvalue weighted by atomic mass is 9.73. The first-order chi connectivity index (χ1) is 13.4. The molecule has 1 atom stereocenters. The third-order valence-corrected chi connectivity index (χ3v) is 5.11. The van der Waals surface area contributed by atoms with Crippen LogP contribution in [0.15, 0.2) is 42.7 Å². The number of aliphatic hydroxyl groups is 1. The summed E-state index contributed by atoms with van der Waals surface area (Å²) in [5.74, 6) is -0.421. The predicted octanol–water partition coefficient (Wildman–Crippen LogP) is 4.91. The summed E-state index contributed by atoms with van der Waals surface area (Å²) in [4.78, 5) is 6.85. The van der Waals surface area contributed by atoms with E-state index in [1.807, 2.05) is 0 Å². The molecule has 0 spiro atoms. The highest BCUT2D eigenvalue weighted by atomic mass is 19.4. The van der Waals surface area contributed by atoms with Crippen molar-refractivity contribution in [3.05, 3.63) is 59.8 Å². The van der Waals surface area contributed by atoms with Crippen molar-refractivity contribution >= 4 is 10.9 Å². The monoisotopic (exact) mass is 410 g/mol. The van der Waals surface area contributed by atoms with Crippen molar-refractivity contribution in [3.8, 4) is 5.75 Å². The highest BCUT2D eigenvalue weighted by molar-refractivity contribution is 5.79. The average molecular weight is 410 g/mol. The number of nitrogens with one attached hydrogen (secondary N) is 1. The zero-order chi connectivity index (χ0) is 21.4. The summed E-state index contributed by atoms with van der Waals surface area (Å²) in [5.41, 5.74) is -2.90. The molecule has 0 amide bonds. The Morgan fingerprint density at radius 1 is 1.14 bits per heavy atom. The number of H-pyrrole nitrogens is 1. The summed E-state index contributed by atoms with van der Waals surface area (Å²) in [6.07, 6.45) is -3.11. The van der Waals surface area contributed by atoms with Gasteiger partial charge in [0, 0.05) is 47.0 Å². The average Bonchev–Trinajstić information content (AvgIpc) is 3.01. The minimum Gasteiger partial charge on any atom is -0.496 e. The molecule has 156 valence electrons. The van der Waals surface area contributed by atoms with E-state index in [4.69, 9.17) is 4.74 Å². The number of halogens is 4. The molecule has 3 aromatic rings. The van der Waals surface area contributed by atoms with Crippen LogP contribution in [0.3, 0.4) is 0 Å². The molecule has 1 aromatic carbocycles. The van der Waals surface area contributed by atoms with Gasteiger partial charge in [-0.25, -0.2) is 4.39 Å². The zero-order valence-electron chi connectivity index (χ0n) is 16.3. The lowest BCUT2D eigenvalue weighted by molar-refractivity contribution is -0.266. The van der Waals surface area contributed by atoms with Crippen molar-refractivity contribution in [1.29, 1.82) is 0 Å². The Labute approximate surface area is 165 Å². The number of nitrogens with zero attached hydrogens (tertiary/aromatic N) is 1. The maximum Gasteiger partial charge on any atom is 0.417 e. The van der Waals surface area contributed by atoms with Gasteiger partial charge in [0.2, 0.25) is 0 Å². The van der Waals surface area contributed by atoms with Gasteiger partial charge < -0.3 is 14.8 Å². The van der Waals surface area contributed by atoms with Crippen molar-refractivity contribution in [1.82, 2.24) is 9.97 Å². The lowest BCUT2D eigenvalue weighted by Crippen LogP contribution is -2.51. The number of ether oxygens (including phenoxy) is 1. The normalized spacial score (nSPS) is 14.8. The molecule has 0 saturated heterocycles. The van der Waals surface area contributed by atoms with Crippen molar-refractivity contribution in [3.63, 3.8) is 0 Å². The molecule has 0 radical (unpaired) electrons. The van der Waals surface area contributed by atoms with Crippen LogP contribution in [-0.2, 0) is 11.8 Å². The van der Waals surface area contributed by atoms with E-state index < -0.39 is 35.9 Å². The fraction of sp³-hybridized carbons (Fsp3) is 0.381. The van der Waals surface area contributed by atoms with Crippen LogP contribution in [0.5, 0.6) is 5.75 Å². The van der Waals surface area contributed by atoms with Gasteiger partial charge >= 0.3 is 6.18 Å². The third kappa shape index (κ3) is 4.22. The van der Waals surface area contributed by atoms with Gasteiger partial charge in [-0.2, -0.15) is 13.2 Å². The van der Waals surface area contributed by atoms with Gasteiger partial charge in [0.15, 0.2) is 5.60 Å². The summed E-state index contributed by atoms with van der Waals surface area (Å²) in [7, 11) is 1.32. The van der Waals surface area contributed by atoms with Crippen molar-refractivity contribution in [2.24, 2.45) is 0 Å². The number of alkyl halides is 3. The topological polar surface area (TPSA) is 58.1 Å². The van der Waals surface area contributed by atoms with Crippen LogP contribution >= 0.6 is 0 Å². The molecule has 0 aliphatic rings. The number of fused-ring (bicyclic) bond motifs is 1. The van der Waals surface area contributed by atoms with Crippen LogP contribution in [0.4, 0.5) is 17.6 Å². The predicted molar refractivity (Wildman–Crippen MR) is 101 cm³/mol. The quantitative estimate of drug-likeness (QED) is 0.568. The van der Waals surface area contributed by atoms with E-state index in [1.165, 1.54) is 25.6 Å². The van der Waals surface area contributed by atoms with Gasteiger partial charge in [-0.05, 0) is 30.0 Å². The van der Waals surface area contributed by atoms with Crippen LogP contribution in [-0.4, -0.2) is 34.0 Å². The van der Waals surface area contributed by atoms with Crippen LogP contribution < -0.4 is 4.74 Å². The van der Waals surface area contributed by atoms with E-state index in [1.54, 1.807) is 26.0 Å². The van der Waals surface area contributed by atoms with Gasteiger partial charge in [-0.15, -0.1) is 0 Å². The number of rotatable bonds is 6. The van der Waals surface area contributed by atoms with Gasteiger partial charge in [0.25, 0.3) is 0 Å². The molecule has 0 aliphatic heterocycles. The first-order valence-corrected chi connectivity index (χ1v) is 9.00. The number of hydrogen-bond acceptors (Lipinski definition) is 3. The van der Waals surface area contributed by atoms with Crippen LogP contribution in [0.1, 0.15) is 31.5 Å². The molecular weight excluding hydrogens is 388 g/mol. The Balaban J connectivity index is 1.98. The largest absolute Gasteiger partial charge is 0.496 e. The van der Waals surface area contributed by atoms with E-state index in [0.29, 0.717) is 16.5 Å². The molecule has 8 heteroatoms. The highest BCUT2D eigenvalue weighted by Crippen LogP contribution is 2.45. The Hall–Kier alpha value is -2.61. The maximum atomic E-state index is 14.0. The molecule has 29 heavy (non-hydrogen) atoms. The summed E-state index contributed by atoms with van der Waals surface area (Å²) in [6, 6.07) is 6.87. The fourth-order valence-corrected chi connectivity index (χ4v) is 3.76. The molecule has 2 heterocycles. The summed E-state index contributed by atoms with van der Waals surface area (Å²) in [6.45, 7) is 3.13. The summed E-state index contributed by atoms with van der Waals surface area (Å²) in [5, 5.41) is 11.4. The highest BCUT2D eigenvalue weighted by Gasteiger charge is 2.56. The smallest absolute Gasteiger partial charge is 0.417 e. The van der Waals surface area contributed by atoms with Crippen LogP contribution in [0, 0.1) is 5.82 Å². The molecule has 0 bridgehead atoms. The number of hydrogen-bond donors (Lipinski definition) is 2. The zero-order valence-corrected chi connectivity index (χ0v) is 16.3. The molecule has 2 N–H and O–H groups in total. The molecular formula is C21H22F4N2O2. The number of methoxy groups -OCH3 is 1.